The van der Waals surface area contributed by atoms with Crippen molar-refractivity contribution < 1.29 is 19.1 Å². The van der Waals surface area contributed by atoms with Crippen LogP contribution in [0.1, 0.15) is 25.3 Å². The minimum Gasteiger partial charge on any atom is -0.488 e. The maximum absolute atomic E-state index is 11.7. The molecule has 0 saturated carbocycles. The number of carbonyl (C=O) groups is 1. The Balaban J connectivity index is 2.12. The highest BCUT2D eigenvalue weighted by Gasteiger charge is 2.09. The van der Waals surface area contributed by atoms with Crippen molar-refractivity contribution in [3.05, 3.63) is 64.1 Å². The second kappa shape index (κ2) is 8.44. The zero-order valence-corrected chi connectivity index (χ0v) is 14.5. The van der Waals surface area contributed by atoms with Gasteiger partial charge in [-0.05, 0) is 49.1 Å². The first kappa shape index (κ1) is 18.7. The molecule has 0 aliphatic rings. The molecule has 5 nitrogen and oxygen atoms in total. The number of ketones is 1. The number of allylic oxidation sites excluding steroid dienone is 1. The summed E-state index contributed by atoms with van der Waals surface area (Å²) in [4.78, 5) is 23.3. The van der Waals surface area contributed by atoms with Crippen LogP contribution in [0.4, 0.5) is 0 Å². The zero-order chi connectivity index (χ0) is 18.4. The van der Waals surface area contributed by atoms with E-state index in [2.05, 4.69) is 6.58 Å². The molecule has 0 saturated heterocycles. The molecule has 1 aromatic carbocycles. The SMILES string of the molecule is C=C(C)C(=O)CC/C(=C/COc1cc(=O)oc2cccc(C)c12)CO. The van der Waals surface area contributed by atoms with E-state index in [-0.39, 0.29) is 19.0 Å². The third-order valence-electron chi connectivity index (χ3n) is 3.90. The number of aryl methyl sites for hydroxylation is 1. The first-order valence-electron chi connectivity index (χ1n) is 8.06. The summed E-state index contributed by atoms with van der Waals surface area (Å²) in [6.07, 6.45) is 2.48. The van der Waals surface area contributed by atoms with E-state index in [4.69, 9.17) is 9.15 Å². The fourth-order valence-electron chi connectivity index (χ4n) is 2.45. The molecule has 0 unspecified atom stereocenters. The Hall–Kier alpha value is -2.66. The summed E-state index contributed by atoms with van der Waals surface area (Å²) in [5.41, 5.74) is 2.15. The Kier molecular flexibility index (Phi) is 6.31. The predicted octanol–water partition coefficient (Wildman–Crippen LogP) is 3.32. The van der Waals surface area contributed by atoms with Gasteiger partial charge in [0, 0.05) is 6.42 Å². The van der Waals surface area contributed by atoms with Crippen LogP contribution in [-0.4, -0.2) is 24.1 Å². The second-order valence-corrected chi connectivity index (χ2v) is 5.91. The van der Waals surface area contributed by atoms with Gasteiger partial charge in [-0.1, -0.05) is 18.7 Å². The van der Waals surface area contributed by atoms with E-state index in [0.29, 0.717) is 35.3 Å². The highest BCUT2D eigenvalue weighted by atomic mass is 16.5. The molecule has 2 rings (SSSR count). The van der Waals surface area contributed by atoms with Gasteiger partial charge in [0.05, 0.1) is 18.1 Å². The normalized spacial score (nSPS) is 11.6. The Labute approximate surface area is 146 Å². The summed E-state index contributed by atoms with van der Waals surface area (Å²) < 4.78 is 10.9. The number of rotatable bonds is 8. The first-order valence-corrected chi connectivity index (χ1v) is 8.06. The van der Waals surface area contributed by atoms with Gasteiger partial charge >= 0.3 is 5.63 Å². The van der Waals surface area contributed by atoms with Crippen LogP contribution in [0.3, 0.4) is 0 Å². The largest absolute Gasteiger partial charge is 0.488 e. The molecule has 1 heterocycles. The van der Waals surface area contributed by atoms with Crippen LogP contribution in [0.5, 0.6) is 5.75 Å². The number of fused-ring (bicyclic) bond motifs is 1. The van der Waals surface area contributed by atoms with Gasteiger partial charge in [0.1, 0.15) is 17.9 Å². The lowest BCUT2D eigenvalue weighted by Gasteiger charge is -2.09. The molecule has 0 bridgehead atoms. The Morgan fingerprint density at radius 2 is 2.12 bits per heavy atom. The Morgan fingerprint density at radius 1 is 1.36 bits per heavy atom. The number of Topliss-reactive ketones (excluding diaryl/α,β-unsaturated/α-hetero) is 1. The van der Waals surface area contributed by atoms with Crippen molar-refractivity contribution in [1.29, 1.82) is 0 Å². The smallest absolute Gasteiger partial charge is 0.339 e. The quantitative estimate of drug-likeness (QED) is 0.452. The lowest BCUT2D eigenvalue weighted by molar-refractivity contribution is -0.115. The molecule has 0 amide bonds. The van der Waals surface area contributed by atoms with Gasteiger partial charge in [-0.25, -0.2) is 4.79 Å². The van der Waals surface area contributed by atoms with Crippen molar-refractivity contribution in [2.45, 2.75) is 26.7 Å². The van der Waals surface area contributed by atoms with Gasteiger partial charge < -0.3 is 14.3 Å². The van der Waals surface area contributed by atoms with Gasteiger partial charge in [0.25, 0.3) is 0 Å². The van der Waals surface area contributed by atoms with Crippen molar-refractivity contribution in [3.63, 3.8) is 0 Å². The molecule has 1 N–H and O–H groups in total. The predicted molar refractivity (Wildman–Crippen MR) is 96.9 cm³/mol. The van der Waals surface area contributed by atoms with Gasteiger partial charge in [-0.3, -0.25) is 4.79 Å². The van der Waals surface area contributed by atoms with E-state index >= 15 is 0 Å². The number of carbonyl (C=O) groups excluding carboxylic acids is 1. The standard InChI is InChI=1S/C20H22O5/c1-13(2)16(22)8-7-15(12-21)9-10-24-18-11-19(23)25-17-6-4-5-14(3)20(17)18/h4-6,9,11,21H,1,7-8,10,12H2,2-3H3/b15-9-. The summed E-state index contributed by atoms with van der Waals surface area (Å²) in [5.74, 6) is 0.415. The van der Waals surface area contributed by atoms with E-state index in [0.717, 1.165) is 10.9 Å². The molecule has 0 radical (unpaired) electrons. The third kappa shape index (κ3) is 4.90. The molecule has 0 aliphatic carbocycles. The summed E-state index contributed by atoms with van der Waals surface area (Å²) in [6.45, 7) is 7.23. The summed E-state index contributed by atoms with van der Waals surface area (Å²) in [6, 6.07) is 6.75. The third-order valence-corrected chi connectivity index (χ3v) is 3.90. The second-order valence-electron chi connectivity index (χ2n) is 5.91. The van der Waals surface area contributed by atoms with Crippen molar-refractivity contribution in [3.8, 4) is 5.75 Å². The average Bonchev–Trinajstić information content (AvgIpc) is 2.57. The highest BCUT2D eigenvalue weighted by Crippen LogP contribution is 2.27. The van der Waals surface area contributed by atoms with Crippen molar-refractivity contribution in [1.82, 2.24) is 0 Å². The molecular weight excluding hydrogens is 320 g/mol. The molecular formula is C20H22O5. The molecule has 2 aromatic rings. The van der Waals surface area contributed by atoms with Gasteiger partial charge in [-0.15, -0.1) is 0 Å². The van der Waals surface area contributed by atoms with Crippen LogP contribution in [-0.2, 0) is 4.79 Å². The van der Waals surface area contributed by atoms with Crippen LogP contribution in [0.15, 0.2) is 57.3 Å². The van der Waals surface area contributed by atoms with Crippen LogP contribution in [0.25, 0.3) is 11.0 Å². The van der Waals surface area contributed by atoms with Crippen LogP contribution >= 0.6 is 0 Å². The lowest BCUT2D eigenvalue weighted by Crippen LogP contribution is -2.05. The van der Waals surface area contributed by atoms with Gasteiger partial charge in [0.2, 0.25) is 0 Å². The summed E-state index contributed by atoms with van der Waals surface area (Å²) in [5, 5.41) is 10.2. The minimum absolute atomic E-state index is 0.0254. The van der Waals surface area contributed by atoms with E-state index in [1.54, 1.807) is 19.1 Å². The van der Waals surface area contributed by atoms with Crippen LogP contribution < -0.4 is 10.4 Å². The summed E-state index contributed by atoms with van der Waals surface area (Å²) >= 11 is 0. The average molecular weight is 342 g/mol. The molecule has 0 atom stereocenters. The highest BCUT2D eigenvalue weighted by molar-refractivity contribution is 5.94. The number of aliphatic hydroxyl groups excluding tert-OH is 1. The fourth-order valence-corrected chi connectivity index (χ4v) is 2.45. The van der Waals surface area contributed by atoms with Crippen molar-refractivity contribution in [2.75, 3.05) is 13.2 Å². The van der Waals surface area contributed by atoms with Crippen LogP contribution in [0, 0.1) is 6.92 Å². The molecule has 25 heavy (non-hydrogen) atoms. The monoisotopic (exact) mass is 342 g/mol. The van der Waals surface area contributed by atoms with E-state index in [9.17, 15) is 14.7 Å². The number of hydrogen-bond acceptors (Lipinski definition) is 5. The molecule has 0 spiro atoms. The van der Waals surface area contributed by atoms with Gasteiger partial charge in [-0.2, -0.15) is 0 Å². The molecule has 0 fully saturated rings. The number of hydrogen-bond donors (Lipinski definition) is 1. The first-order chi connectivity index (χ1) is 11.9. The van der Waals surface area contributed by atoms with E-state index in [1.807, 2.05) is 19.1 Å². The molecule has 132 valence electrons. The number of benzene rings is 1. The Bertz CT molecular complexity index is 873. The summed E-state index contributed by atoms with van der Waals surface area (Å²) in [7, 11) is 0. The van der Waals surface area contributed by atoms with E-state index in [1.165, 1.54) is 6.07 Å². The topological polar surface area (TPSA) is 76.7 Å². The van der Waals surface area contributed by atoms with Gasteiger partial charge in [0.15, 0.2) is 5.78 Å². The maximum Gasteiger partial charge on any atom is 0.339 e. The lowest BCUT2D eigenvalue weighted by atomic mass is 10.1. The van der Waals surface area contributed by atoms with Crippen LogP contribution in [0.2, 0.25) is 0 Å². The number of ether oxygens (including phenoxy) is 1. The fraction of sp³-hybridized carbons (Fsp3) is 0.300. The van der Waals surface area contributed by atoms with Crippen molar-refractivity contribution >= 4 is 16.8 Å². The molecule has 1 aromatic heterocycles. The van der Waals surface area contributed by atoms with E-state index < -0.39 is 5.63 Å². The van der Waals surface area contributed by atoms with Crippen molar-refractivity contribution in [2.24, 2.45) is 0 Å². The number of aliphatic hydroxyl groups is 1. The zero-order valence-electron chi connectivity index (χ0n) is 14.5. The minimum atomic E-state index is -0.480. The Morgan fingerprint density at radius 3 is 2.80 bits per heavy atom. The molecule has 0 aliphatic heterocycles. The maximum atomic E-state index is 11.7. The molecule has 5 heteroatoms.